The van der Waals surface area contributed by atoms with Gasteiger partial charge in [0.1, 0.15) is 11.5 Å². The van der Waals surface area contributed by atoms with Crippen LogP contribution in [0.2, 0.25) is 0 Å². The zero-order valence-corrected chi connectivity index (χ0v) is 34.5. The van der Waals surface area contributed by atoms with E-state index in [9.17, 15) is 0 Å². The van der Waals surface area contributed by atoms with Crippen LogP contribution in [-0.4, -0.2) is 17.8 Å². The van der Waals surface area contributed by atoms with Crippen molar-refractivity contribution in [1.82, 2.24) is 4.57 Å². The van der Waals surface area contributed by atoms with Crippen molar-refractivity contribution in [3.8, 4) is 28.3 Å². The molecule has 290 valence electrons. The van der Waals surface area contributed by atoms with E-state index in [0.717, 1.165) is 30.8 Å². The fourth-order valence-corrected chi connectivity index (χ4v) is 8.87. The predicted molar refractivity (Wildman–Crippen MR) is 242 cm³/mol. The van der Waals surface area contributed by atoms with Crippen molar-refractivity contribution in [2.45, 2.75) is 59.3 Å². The van der Waals surface area contributed by atoms with Crippen LogP contribution in [0, 0.1) is 10.8 Å². The van der Waals surface area contributed by atoms with E-state index < -0.39 is 5.41 Å². The number of rotatable bonds is 13. The smallest absolute Gasteiger partial charge is 0.119 e. The molecule has 0 aliphatic heterocycles. The number of ether oxygens (including phenoxy) is 2. The minimum atomic E-state index is -0.472. The van der Waals surface area contributed by atoms with Crippen molar-refractivity contribution in [2.75, 3.05) is 13.2 Å². The van der Waals surface area contributed by atoms with Crippen molar-refractivity contribution in [3.63, 3.8) is 0 Å². The lowest BCUT2D eigenvalue weighted by Crippen LogP contribution is -2.28. The van der Waals surface area contributed by atoms with Crippen molar-refractivity contribution in [1.29, 1.82) is 0 Å². The number of aryl methyl sites for hydroxylation is 1. The summed E-state index contributed by atoms with van der Waals surface area (Å²) < 4.78 is 15.3. The van der Waals surface area contributed by atoms with E-state index in [1.807, 2.05) is 0 Å². The van der Waals surface area contributed by atoms with Gasteiger partial charge >= 0.3 is 0 Å². The quantitative estimate of drug-likeness (QED) is 0.117. The summed E-state index contributed by atoms with van der Waals surface area (Å²) in [7, 11) is 0. The highest BCUT2D eigenvalue weighted by molar-refractivity contribution is 6.09. The molecule has 0 saturated heterocycles. The van der Waals surface area contributed by atoms with Gasteiger partial charge in [0.15, 0.2) is 0 Å². The Hall–Kier alpha value is -6.06. The van der Waals surface area contributed by atoms with Crippen LogP contribution >= 0.6 is 0 Å². The zero-order chi connectivity index (χ0) is 39.9. The molecular formula is C55H53NO2. The molecule has 1 aliphatic rings. The van der Waals surface area contributed by atoms with E-state index in [1.54, 1.807) is 0 Å². The second-order valence-electron chi connectivity index (χ2n) is 17.7. The van der Waals surface area contributed by atoms with E-state index in [1.165, 1.54) is 66.4 Å². The molecule has 3 nitrogen and oxygen atoms in total. The van der Waals surface area contributed by atoms with E-state index in [4.69, 9.17) is 9.47 Å². The van der Waals surface area contributed by atoms with Crippen molar-refractivity contribution in [2.24, 2.45) is 10.8 Å². The molecule has 0 amide bonds. The number of hydrogen-bond donors (Lipinski definition) is 0. The van der Waals surface area contributed by atoms with Crippen LogP contribution in [0.1, 0.15) is 75.3 Å². The molecule has 0 spiro atoms. The van der Waals surface area contributed by atoms with Gasteiger partial charge in [-0.15, -0.1) is 0 Å². The van der Waals surface area contributed by atoms with Gasteiger partial charge in [0.25, 0.3) is 0 Å². The first-order valence-electron chi connectivity index (χ1n) is 20.9. The molecule has 58 heavy (non-hydrogen) atoms. The van der Waals surface area contributed by atoms with Gasteiger partial charge in [0.05, 0.1) is 29.7 Å². The summed E-state index contributed by atoms with van der Waals surface area (Å²) in [5.41, 5.74) is 12.3. The Kier molecular flexibility index (Phi) is 9.72. The predicted octanol–water partition coefficient (Wildman–Crippen LogP) is 14.0. The molecule has 1 aliphatic carbocycles. The lowest BCUT2D eigenvalue weighted by molar-refractivity contribution is 0.170. The van der Waals surface area contributed by atoms with Crippen LogP contribution < -0.4 is 9.47 Å². The SMILES string of the molecule is CCC(C)(C)COc1ccc(C2(c3ccc(OCC(C)(C)CCc4ccc5c(c4)c4ccccc4n5-c4ccccc4)cc3)c3ccccc3-c3ccccc32)cc1. The van der Waals surface area contributed by atoms with Gasteiger partial charge in [-0.2, -0.15) is 0 Å². The Morgan fingerprint density at radius 1 is 0.500 bits per heavy atom. The first kappa shape index (κ1) is 37.5. The maximum atomic E-state index is 6.59. The number of hydrogen-bond acceptors (Lipinski definition) is 2. The summed E-state index contributed by atoms with van der Waals surface area (Å²) in [6.07, 6.45) is 3.07. The van der Waals surface area contributed by atoms with Crippen LogP contribution in [0.5, 0.6) is 11.5 Å². The van der Waals surface area contributed by atoms with Crippen LogP contribution in [0.4, 0.5) is 0 Å². The zero-order valence-electron chi connectivity index (χ0n) is 34.5. The van der Waals surface area contributed by atoms with Gasteiger partial charge in [-0.1, -0.05) is 150 Å². The highest BCUT2D eigenvalue weighted by Gasteiger charge is 2.46. The second-order valence-corrected chi connectivity index (χ2v) is 17.7. The van der Waals surface area contributed by atoms with Crippen LogP contribution in [-0.2, 0) is 11.8 Å². The lowest BCUT2D eigenvalue weighted by atomic mass is 9.68. The molecule has 8 aromatic rings. The molecule has 0 fully saturated rings. The van der Waals surface area contributed by atoms with Crippen LogP contribution in [0.3, 0.4) is 0 Å². The summed E-state index contributed by atoms with van der Waals surface area (Å²) in [5.74, 6) is 1.80. The highest BCUT2D eigenvalue weighted by atomic mass is 16.5. The first-order chi connectivity index (χ1) is 28.2. The lowest BCUT2D eigenvalue weighted by Gasteiger charge is -2.34. The summed E-state index contributed by atoms with van der Waals surface area (Å²) in [5, 5.41) is 2.59. The molecular weight excluding hydrogens is 707 g/mol. The van der Waals surface area contributed by atoms with Gasteiger partial charge in [-0.3, -0.25) is 0 Å². The average molecular weight is 760 g/mol. The van der Waals surface area contributed by atoms with Crippen molar-refractivity contribution < 1.29 is 9.47 Å². The molecule has 0 atom stereocenters. The standard InChI is InChI=1S/C55H53NO2/c1-6-53(2,3)37-57-43-29-25-40(26-30-43)55(49-21-13-10-18-45(49)46-19-11-14-22-50(46)55)41-27-31-44(32-28-41)58-38-54(4,5)35-34-39-24-33-52-48(36-39)47-20-12-15-23-51(47)56(52)42-16-8-7-9-17-42/h7-33,36H,6,34-35,37-38H2,1-5H3. The largest absolute Gasteiger partial charge is 0.493 e. The van der Waals surface area contributed by atoms with Crippen LogP contribution in [0.15, 0.2) is 170 Å². The Balaban J connectivity index is 0.954. The van der Waals surface area contributed by atoms with Crippen molar-refractivity contribution in [3.05, 3.63) is 198 Å². The topological polar surface area (TPSA) is 23.4 Å². The number of benzene rings is 7. The fraction of sp³-hybridized carbons (Fsp3) is 0.236. The summed E-state index contributed by atoms with van der Waals surface area (Å²) in [6.45, 7) is 12.7. The molecule has 0 unspecified atom stereocenters. The third-order valence-electron chi connectivity index (χ3n) is 12.6. The second kappa shape index (κ2) is 15.0. The monoisotopic (exact) mass is 759 g/mol. The third kappa shape index (κ3) is 6.77. The van der Waals surface area contributed by atoms with Gasteiger partial charge in [-0.05, 0) is 124 Å². The number of aromatic nitrogens is 1. The molecule has 0 bridgehead atoms. The van der Waals surface area contributed by atoms with Gasteiger partial charge in [0, 0.05) is 16.5 Å². The molecule has 9 rings (SSSR count). The fourth-order valence-electron chi connectivity index (χ4n) is 8.87. The van der Waals surface area contributed by atoms with E-state index in [-0.39, 0.29) is 10.8 Å². The molecule has 3 heteroatoms. The Labute approximate surface area is 343 Å². The third-order valence-corrected chi connectivity index (χ3v) is 12.6. The molecule has 1 aromatic heterocycles. The molecule has 0 saturated carbocycles. The normalized spacial score (nSPS) is 13.4. The molecule has 7 aromatic carbocycles. The van der Waals surface area contributed by atoms with Gasteiger partial charge < -0.3 is 14.0 Å². The Morgan fingerprint density at radius 3 is 1.62 bits per heavy atom. The summed E-state index contributed by atoms with van der Waals surface area (Å²) in [6, 6.07) is 61.9. The summed E-state index contributed by atoms with van der Waals surface area (Å²) in [4.78, 5) is 0. The van der Waals surface area contributed by atoms with E-state index >= 15 is 0 Å². The molecule has 0 N–H and O–H groups in total. The van der Waals surface area contributed by atoms with Gasteiger partial charge in [0.2, 0.25) is 0 Å². The first-order valence-corrected chi connectivity index (χ1v) is 20.9. The van der Waals surface area contributed by atoms with Crippen molar-refractivity contribution >= 4 is 21.8 Å². The number of fused-ring (bicyclic) bond motifs is 6. The number of para-hydroxylation sites is 2. The number of nitrogens with zero attached hydrogens (tertiary/aromatic N) is 1. The molecule has 1 heterocycles. The van der Waals surface area contributed by atoms with E-state index in [0.29, 0.717) is 13.2 Å². The van der Waals surface area contributed by atoms with Crippen LogP contribution in [0.25, 0.3) is 38.6 Å². The maximum Gasteiger partial charge on any atom is 0.119 e. The van der Waals surface area contributed by atoms with Gasteiger partial charge in [-0.25, -0.2) is 0 Å². The minimum absolute atomic E-state index is 0.0214. The van der Waals surface area contributed by atoms with E-state index in [2.05, 4.69) is 209 Å². The average Bonchev–Trinajstić information content (AvgIpc) is 3.76. The Bertz CT molecular complexity index is 2660. The highest BCUT2D eigenvalue weighted by Crippen LogP contribution is 2.56. The summed E-state index contributed by atoms with van der Waals surface area (Å²) >= 11 is 0. The molecule has 0 radical (unpaired) electrons. The maximum absolute atomic E-state index is 6.59. The Morgan fingerprint density at radius 2 is 1.02 bits per heavy atom. The minimum Gasteiger partial charge on any atom is -0.493 e.